The van der Waals surface area contributed by atoms with Crippen LogP contribution < -0.4 is 0 Å². The summed E-state index contributed by atoms with van der Waals surface area (Å²) in [7, 11) is 0. The molecular weight excluding hydrogens is 376 g/mol. The molecule has 3 aromatic carbocycles. The summed E-state index contributed by atoms with van der Waals surface area (Å²) in [6, 6.07) is 30.0. The predicted octanol–water partition coefficient (Wildman–Crippen LogP) is 4.62. The van der Waals surface area contributed by atoms with Crippen LogP contribution in [0.2, 0.25) is 0 Å². The summed E-state index contributed by atoms with van der Waals surface area (Å²) in [6.45, 7) is 2.43. The lowest BCUT2D eigenvalue weighted by Gasteiger charge is -2.31. The zero-order valence-corrected chi connectivity index (χ0v) is 17.3. The standard InChI is InChI=1S/C26H30O4/c27-19-26(20-28-16-23-10-4-1-5-11-23,21-29-17-24-12-6-2-7-13-24)22-30-18-25-14-8-3-9-15-25/h1-15,27H,16-22H2. The Kier molecular flexibility index (Phi) is 9.06. The van der Waals surface area contributed by atoms with Crippen molar-refractivity contribution in [3.05, 3.63) is 108 Å². The number of rotatable bonds is 13. The predicted molar refractivity (Wildman–Crippen MR) is 118 cm³/mol. The lowest BCUT2D eigenvalue weighted by molar-refractivity contribution is -0.102. The molecule has 0 saturated carbocycles. The van der Waals surface area contributed by atoms with Crippen molar-refractivity contribution < 1.29 is 19.3 Å². The van der Waals surface area contributed by atoms with E-state index < -0.39 is 5.41 Å². The van der Waals surface area contributed by atoms with E-state index >= 15 is 0 Å². The third-order valence-electron chi connectivity index (χ3n) is 4.89. The van der Waals surface area contributed by atoms with Gasteiger partial charge in [-0.25, -0.2) is 0 Å². The van der Waals surface area contributed by atoms with Crippen LogP contribution in [0.25, 0.3) is 0 Å². The molecule has 4 heteroatoms. The third-order valence-corrected chi connectivity index (χ3v) is 4.89. The van der Waals surface area contributed by atoms with Crippen molar-refractivity contribution in [3.63, 3.8) is 0 Å². The SMILES string of the molecule is OCC(COCc1ccccc1)(COCc1ccccc1)COCc1ccccc1. The van der Waals surface area contributed by atoms with Crippen LogP contribution in [-0.2, 0) is 34.0 Å². The molecule has 0 aliphatic heterocycles. The maximum absolute atomic E-state index is 10.2. The molecule has 0 aliphatic carbocycles. The van der Waals surface area contributed by atoms with Crippen LogP contribution in [0.1, 0.15) is 16.7 Å². The van der Waals surface area contributed by atoms with Gasteiger partial charge in [-0.1, -0.05) is 91.0 Å². The van der Waals surface area contributed by atoms with Gasteiger partial charge >= 0.3 is 0 Å². The van der Waals surface area contributed by atoms with E-state index in [9.17, 15) is 5.11 Å². The molecule has 3 aromatic rings. The van der Waals surface area contributed by atoms with Crippen molar-refractivity contribution in [1.29, 1.82) is 0 Å². The molecular formula is C26H30O4. The average molecular weight is 407 g/mol. The Morgan fingerprint density at radius 2 is 0.800 bits per heavy atom. The number of aliphatic hydroxyl groups excluding tert-OH is 1. The van der Waals surface area contributed by atoms with Gasteiger partial charge < -0.3 is 19.3 Å². The van der Waals surface area contributed by atoms with E-state index in [0.29, 0.717) is 39.6 Å². The van der Waals surface area contributed by atoms with Gasteiger partial charge in [0.1, 0.15) is 0 Å². The Morgan fingerprint density at radius 1 is 0.500 bits per heavy atom. The highest BCUT2D eigenvalue weighted by molar-refractivity contribution is 5.15. The Bertz CT molecular complexity index is 710. The molecule has 0 bridgehead atoms. The van der Waals surface area contributed by atoms with Crippen LogP contribution in [0.5, 0.6) is 0 Å². The second-order valence-corrected chi connectivity index (χ2v) is 7.59. The van der Waals surface area contributed by atoms with Gasteiger partial charge in [0.15, 0.2) is 0 Å². The van der Waals surface area contributed by atoms with E-state index in [-0.39, 0.29) is 6.61 Å². The number of aliphatic hydroxyl groups is 1. The quantitative estimate of drug-likeness (QED) is 0.450. The normalized spacial score (nSPS) is 11.5. The highest BCUT2D eigenvalue weighted by Gasteiger charge is 2.31. The Morgan fingerprint density at radius 3 is 1.07 bits per heavy atom. The molecule has 0 atom stereocenters. The first-order chi connectivity index (χ1) is 14.8. The van der Waals surface area contributed by atoms with Crippen LogP contribution >= 0.6 is 0 Å². The zero-order valence-electron chi connectivity index (χ0n) is 17.3. The van der Waals surface area contributed by atoms with Crippen LogP contribution in [0, 0.1) is 5.41 Å². The highest BCUT2D eigenvalue weighted by atomic mass is 16.5. The Hall–Kier alpha value is -2.50. The van der Waals surface area contributed by atoms with E-state index in [4.69, 9.17) is 14.2 Å². The van der Waals surface area contributed by atoms with Crippen LogP contribution in [0.15, 0.2) is 91.0 Å². The zero-order chi connectivity index (χ0) is 20.9. The summed E-state index contributed by atoms with van der Waals surface area (Å²) in [5, 5.41) is 10.2. The number of hydrogen-bond acceptors (Lipinski definition) is 4. The molecule has 0 amide bonds. The molecule has 0 unspecified atom stereocenters. The summed E-state index contributed by atoms with van der Waals surface area (Å²) in [4.78, 5) is 0. The van der Waals surface area contributed by atoms with Crippen molar-refractivity contribution in [1.82, 2.24) is 0 Å². The van der Waals surface area contributed by atoms with Gasteiger partial charge in [-0.2, -0.15) is 0 Å². The lowest BCUT2D eigenvalue weighted by Crippen LogP contribution is -2.40. The first-order valence-electron chi connectivity index (χ1n) is 10.3. The second-order valence-electron chi connectivity index (χ2n) is 7.59. The number of hydrogen-bond donors (Lipinski definition) is 1. The van der Waals surface area contributed by atoms with Gasteiger partial charge in [0.2, 0.25) is 0 Å². The van der Waals surface area contributed by atoms with Gasteiger partial charge in [0, 0.05) is 0 Å². The molecule has 158 valence electrons. The van der Waals surface area contributed by atoms with Crippen LogP contribution in [-0.4, -0.2) is 31.5 Å². The largest absolute Gasteiger partial charge is 0.396 e. The minimum atomic E-state index is -0.627. The van der Waals surface area contributed by atoms with Gasteiger partial charge in [-0.15, -0.1) is 0 Å². The minimum Gasteiger partial charge on any atom is -0.396 e. The van der Waals surface area contributed by atoms with Gasteiger partial charge in [0.05, 0.1) is 51.7 Å². The first kappa shape index (κ1) is 22.2. The Labute approximate surface area is 179 Å². The van der Waals surface area contributed by atoms with Crippen molar-refractivity contribution >= 4 is 0 Å². The summed E-state index contributed by atoms with van der Waals surface area (Å²) >= 11 is 0. The minimum absolute atomic E-state index is 0.0780. The molecule has 0 aromatic heterocycles. The average Bonchev–Trinajstić information content (AvgIpc) is 2.81. The maximum atomic E-state index is 10.2. The smallest absolute Gasteiger partial charge is 0.0717 e. The van der Waals surface area contributed by atoms with Crippen molar-refractivity contribution in [2.75, 3.05) is 26.4 Å². The van der Waals surface area contributed by atoms with E-state index in [1.165, 1.54) is 0 Å². The molecule has 0 fully saturated rings. The van der Waals surface area contributed by atoms with Gasteiger partial charge in [0.25, 0.3) is 0 Å². The monoisotopic (exact) mass is 406 g/mol. The van der Waals surface area contributed by atoms with Crippen LogP contribution in [0.3, 0.4) is 0 Å². The molecule has 1 N–H and O–H groups in total. The molecule has 30 heavy (non-hydrogen) atoms. The fourth-order valence-corrected chi connectivity index (χ4v) is 3.14. The molecule has 3 rings (SSSR count). The summed E-state index contributed by atoms with van der Waals surface area (Å²) in [6.07, 6.45) is 0. The Balaban J connectivity index is 1.56. The van der Waals surface area contributed by atoms with Gasteiger partial charge in [-0.3, -0.25) is 0 Å². The lowest BCUT2D eigenvalue weighted by atomic mass is 9.92. The molecule has 0 radical (unpaired) electrons. The summed E-state index contributed by atoms with van der Waals surface area (Å²) < 4.78 is 17.9. The molecule has 0 saturated heterocycles. The maximum Gasteiger partial charge on any atom is 0.0717 e. The molecule has 4 nitrogen and oxygen atoms in total. The fourth-order valence-electron chi connectivity index (χ4n) is 3.14. The third kappa shape index (κ3) is 7.39. The molecule has 0 heterocycles. The topological polar surface area (TPSA) is 47.9 Å². The molecule has 0 aliphatic rings. The van der Waals surface area contributed by atoms with E-state index in [1.807, 2.05) is 91.0 Å². The second kappa shape index (κ2) is 12.3. The summed E-state index contributed by atoms with van der Waals surface area (Å²) in [5.41, 5.74) is 2.66. The van der Waals surface area contributed by atoms with Crippen molar-refractivity contribution in [3.8, 4) is 0 Å². The first-order valence-corrected chi connectivity index (χ1v) is 10.3. The van der Waals surface area contributed by atoms with Gasteiger partial charge in [-0.05, 0) is 16.7 Å². The van der Waals surface area contributed by atoms with Crippen molar-refractivity contribution in [2.24, 2.45) is 5.41 Å². The highest BCUT2D eigenvalue weighted by Crippen LogP contribution is 2.21. The number of benzene rings is 3. The summed E-state index contributed by atoms with van der Waals surface area (Å²) in [5.74, 6) is 0. The molecule has 0 spiro atoms. The van der Waals surface area contributed by atoms with E-state index in [1.54, 1.807) is 0 Å². The van der Waals surface area contributed by atoms with E-state index in [0.717, 1.165) is 16.7 Å². The number of ether oxygens (including phenoxy) is 3. The van der Waals surface area contributed by atoms with Crippen LogP contribution in [0.4, 0.5) is 0 Å². The van der Waals surface area contributed by atoms with E-state index in [2.05, 4.69) is 0 Å². The fraction of sp³-hybridized carbons (Fsp3) is 0.308. The van der Waals surface area contributed by atoms with Crippen molar-refractivity contribution in [2.45, 2.75) is 19.8 Å².